The highest BCUT2D eigenvalue weighted by atomic mass is 16.6. The minimum absolute atomic E-state index is 0.0414. The second-order valence-electron chi connectivity index (χ2n) is 11.3. The summed E-state index contributed by atoms with van der Waals surface area (Å²) >= 11 is 0. The molecule has 0 bridgehead atoms. The molecule has 7 heteroatoms. The molecule has 0 amide bonds. The highest BCUT2D eigenvalue weighted by Gasteiger charge is 2.62. The van der Waals surface area contributed by atoms with E-state index in [1.54, 1.807) is 18.6 Å². The first-order valence-electron chi connectivity index (χ1n) is 12.4. The van der Waals surface area contributed by atoms with Crippen LogP contribution in [0.3, 0.4) is 0 Å². The second kappa shape index (κ2) is 7.29. The molecule has 0 radical (unpaired) electrons. The lowest BCUT2D eigenvalue weighted by molar-refractivity contribution is -0.157. The Morgan fingerprint density at radius 1 is 1.20 bits per heavy atom. The van der Waals surface area contributed by atoms with Gasteiger partial charge in [-0.15, -0.1) is 0 Å². The minimum atomic E-state index is -0.807. The van der Waals surface area contributed by atoms with Crippen molar-refractivity contribution in [1.82, 2.24) is 4.98 Å². The number of carbonyl (C=O) groups is 2. The third-order valence-electron chi connectivity index (χ3n) is 8.86. The normalized spacial score (nSPS) is 34.7. The van der Waals surface area contributed by atoms with Crippen LogP contribution in [0.15, 0.2) is 35.2 Å². The van der Waals surface area contributed by atoms with Gasteiger partial charge in [0, 0.05) is 51.8 Å². The number of aromatic nitrogens is 1. The van der Waals surface area contributed by atoms with Crippen LogP contribution < -0.4 is 0 Å². The van der Waals surface area contributed by atoms with Crippen molar-refractivity contribution in [3.63, 3.8) is 0 Å². The summed E-state index contributed by atoms with van der Waals surface area (Å²) in [4.78, 5) is 30.4. The zero-order valence-electron chi connectivity index (χ0n) is 20.8. The molecule has 5 unspecified atom stereocenters. The Balaban J connectivity index is 1.56. The van der Waals surface area contributed by atoms with E-state index < -0.39 is 17.1 Å². The third kappa shape index (κ3) is 2.97. The second-order valence-corrected chi connectivity index (χ2v) is 11.3. The van der Waals surface area contributed by atoms with Crippen LogP contribution >= 0.6 is 0 Å². The number of furan rings is 1. The summed E-state index contributed by atoms with van der Waals surface area (Å²) in [5, 5.41) is 0. The molecular formula is C28H31NO6. The SMILES string of the molecule is CCOC1c2cc3c(nc2C2(C)OC(=O)CC2C1(C)C)CCC1(C)C3=CC(=O)OC1c1ccoc1. The van der Waals surface area contributed by atoms with Gasteiger partial charge in [0.05, 0.1) is 30.7 Å². The summed E-state index contributed by atoms with van der Waals surface area (Å²) in [5.41, 5.74) is 3.81. The van der Waals surface area contributed by atoms with Crippen molar-refractivity contribution >= 4 is 17.5 Å². The number of fused-ring (bicyclic) bond motifs is 6. The van der Waals surface area contributed by atoms with Crippen molar-refractivity contribution in [2.45, 2.75) is 71.7 Å². The van der Waals surface area contributed by atoms with Gasteiger partial charge in [-0.2, -0.15) is 0 Å². The summed E-state index contributed by atoms with van der Waals surface area (Å²) in [6, 6.07) is 4.00. The number of ether oxygens (including phenoxy) is 3. The number of rotatable bonds is 3. The molecule has 4 aliphatic rings. The summed E-state index contributed by atoms with van der Waals surface area (Å²) in [7, 11) is 0. The van der Waals surface area contributed by atoms with Crippen molar-refractivity contribution < 1.29 is 28.2 Å². The highest BCUT2D eigenvalue weighted by Crippen LogP contribution is 2.62. The van der Waals surface area contributed by atoms with Gasteiger partial charge >= 0.3 is 11.9 Å². The Labute approximate surface area is 204 Å². The number of hydrogen-bond acceptors (Lipinski definition) is 7. The predicted octanol–water partition coefficient (Wildman–Crippen LogP) is 5.20. The topological polar surface area (TPSA) is 87.9 Å². The van der Waals surface area contributed by atoms with E-state index in [1.807, 2.05) is 19.9 Å². The van der Waals surface area contributed by atoms with E-state index in [4.69, 9.17) is 23.6 Å². The smallest absolute Gasteiger partial charge is 0.331 e. The van der Waals surface area contributed by atoms with Crippen LogP contribution in [0.25, 0.3) is 5.57 Å². The summed E-state index contributed by atoms with van der Waals surface area (Å²) in [6.45, 7) is 11.0. The van der Waals surface area contributed by atoms with Crippen molar-refractivity contribution in [3.05, 3.63) is 58.8 Å². The molecule has 0 aromatic carbocycles. The summed E-state index contributed by atoms with van der Waals surface area (Å²) in [5.74, 6) is -0.602. The van der Waals surface area contributed by atoms with Crippen molar-refractivity contribution in [2.75, 3.05) is 6.61 Å². The van der Waals surface area contributed by atoms with Gasteiger partial charge in [-0.25, -0.2) is 4.79 Å². The first-order valence-corrected chi connectivity index (χ1v) is 12.4. The standard InChI is InChI=1S/C28H31NO6/c1-6-33-25-17-11-16-18-12-21(30)34-24(15-8-10-32-14-15)27(18,4)9-7-19(16)29-23(17)28(5)20(26(25,2)3)13-22(31)35-28/h8,10-12,14,20,24-25H,6-7,9,13H2,1-5H3. The number of hydrogen-bond donors (Lipinski definition) is 0. The zero-order valence-corrected chi connectivity index (χ0v) is 20.8. The monoisotopic (exact) mass is 477 g/mol. The third-order valence-corrected chi connectivity index (χ3v) is 8.86. The molecule has 1 saturated heterocycles. The predicted molar refractivity (Wildman–Crippen MR) is 126 cm³/mol. The highest BCUT2D eigenvalue weighted by molar-refractivity contribution is 5.96. The molecule has 6 rings (SSSR count). The molecule has 2 aromatic rings. The summed E-state index contributed by atoms with van der Waals surface area (Å²) < 4.78 is 23.5. The van der Waals surface area contributed by atoms with E-state index >= 15 is 0 Å². The number of nitrogens with zero attached hydrogens (tertiary/aromatic N) is 1. The maximum absolute atomic E-state index is 12.7. The Morgan fingerprint density at radius 3 is 2.71 bits per heavy atom. The van der Waals surface area contributed by atoms with Crippen LogP contribution in [-0.4, -0.2) is 23.5 Å². The number of pyridine rings is 1. The molecule has 184 valence electrons. The van der Waals surface area contributed by atoms with Gasteiger partial charge in [-0.3, -0.25) is 9.78 Å². The van der Waals surface area contributed by atoms with E-state index in [2.05, 4.69) is 26.8 Å². The fourth-order valence-corrected chi connectivity index (χ4v) is 7.13. The van der Waals surface area contributed by atoms with Crippen LogP contribution in [0.2, 0.25) is 0 Å². The van der Waals surface area contributed by atoms with E-state index in [1.165, 1.54) is 0 Å². The molecule has 2 aliphatic carbocycles. The Morgan fingerprint density at radius 2 is 2.00 bits per heavy atom. The van der Waals surface area contributed by atoms with Gasteiger partial charge in [0.15, 0.2) is 5.60 Å². The maximum atomic E-state index is 12.7. The van der Waals surface area contributed by atoms with Crippen LogP contribution in [0.1, 0.15) is 87.7 Å². The average Bonchev–Trinajstić information content (AvgIpc) is 3.44. The maximum Gasteiger partial charge on any atom is 0.331 e. The largest absolute Gasteiger partial charge is 0.472 e. The number of esters is 2. The van der Waals surface area contributed by atoms with Crippen molar-refractivity contribution in [2.24, 2.45) is 16.7 Å². The van der Waals surface area contributed by atoms with Crippen LogP contribution in [0.4, 0.5) is 0 Å². The molecule has 2 aliphatic heterocycles. The first kappa shape index (κ1) is 22.5. The van der Waals surface area contributed by atoms with Crippen molar-refractivity contribution in [1.29, 1.82) is 0 Å². The van der Waals surface area contributed by atoms with Gasteiger partial charge in [-0.05, 0) is 44.4 Å². The molecule has 7 nitrogen and oxygen atoms in total. The van der Waals surface area contributed by atoms with Crippen LogP contribution in [-0.2, 0) is 35.8 Å². The molecular weight excluding hydrogens is 446 g/mol. The van der Waals surface area contributed by atoms with Crippen LogP contribution in [0.5, 0.6) is 0 Å². The average molecular weight is 478 g/mol. The molecule has 0 spiro atoms. The fourth-order valence-electron chi connectivity index (χ4n) is 7.13. The van der Waals surface area contributed by atoms with E-state index in [0.717, 1.165) is 46.5 Å². The van der Waals surface area contributed by atoms with Gasteiger partial charge in [0.25, 0.3) is 0 Å². The molecule has 0 saturated carbocycles. The lowest BCUT2D eigenvalue weighted by Crippen LogP contribution is -2.49. The van der Waals surface area contributed by atoms with Gasteiger partial charge in [0.1, 0.15) is 6.10 Å². The Hall–Kier alpha value is -2.93. The zero-order chi connectivity index (χ0) is 24.8. The number of carbonyl (C=O) groups excluding carboxylic acids is 2. The molecule has 1 fully saturated rings. The Bertz CT molecular complexity index is 1260. The molecule has 5 atom stereocenters. The lowest BCUT2D eigenvalue weighted by Gasteiger charge is -2.50. The van der Waals surface area contributed by atoms with Crippen molar-refractivity contribution in [3.8, 4) is 0 Å². The lowest BCUT2D eigenvalue weighted by atomic mass is 9.58. The van der Waals surface area contributed by atoms with E-state index in [0.29, 0.717) is 13.0 Å². The fraction of sp³-hybridized carbons (Fsp3) is 0.536. The molecule has 2 aromatic heterocycles. The minimum Gasteiger partial charge on any atom is -0.472 e. The van der Waals surface area contributed by atoms with Gasteiger partial charge in [-0.1, -0.05) is 20.8 Å². The Kier molecular flexibility index (Phi) is 4.69. The number of aryl methyl sites for hydroxylation is 1. The molecule has 35 heavy (non-hydrogen) atoms. The van der Waals surface area contributed by atoms with E-state index in [-0.39, 0.29) is 29.4 Å². The first-order chi connectivity index (χ1) is 16.6. The van der Waals surface area contributed by atoms with E-state index in [9.17, 15) is 9.59 Å². The van der Waals surface area contributed by atoms with Gasteiger partial charge < -0.3 is 18.6 Å². The van der Waals surface area contributed by atoms with Gasteiger partial charge in [0.2, 0.25) is 0 Å². The van der Waals surface area contributed by atoms with Crippen LogP contribution in [0, 0.1) is 16.7 Å². The molecule has 4 heterocycles. The quantitative estimate of drug-likeness (QED) is 0.561. The summed E-state index contributed by atoms with van der Waals surface area (Å²) in [6.07, 6.45) is 6.03. The molecule has 0 N–H and O–H groups in total. The number of cyclic esters (lactones) is 1.